The topological polar surface area (TPSA) is 75.8 Å². The fourth-order valence-corrected chi connectivity index (χ4v) is 2.07. The fourth-order valence-electron chi connectivity index (χ4n) is 2.07. The number of rotatable bonds is 6. The van der Waals surface area contributed by atoms with E-state index in [2.05, 4.69) is 25.8 Å². The number of nitrogens with one attached hydrogen (secondary N) is 2. The molecule has 0 aliphatic rings. The van der Waals surface area contributed by atoms with E-state index in [1.165, 1.54) is 0 Å². The Morgan fingerprint density at radius 1 is 1.43 bits per heavy atom. The van der Waals surface area contributed by atoms with Crippen molar-refractivity contribution in [1.82, 2.24) is 25.2 Å². The Kier molecular flexibility index (Phi) is 5.51. The summed E-state index contributed by atoms with van der Waals surface area (Å²) in [4.78, 5) is 4.19. The zero-order chi connectivity index (χ0) is 15.1. The van der Waals surface area contributed by atoms with Crippen molar-refractivity contribution < 1.29 is 4.74 Å². The van der Waals surface area contributed by atoms with Gasteiger partial charge in [-0.05, 0) is 19.1 Å². The first-order valence-corrected chi connectivity index (χ1v) is 6.99. The minimum atomic E-state index is 0.204. The van der Waals surface area contributed by atoms with Crippen molar-refractivity contribution in [3.63, 3.8) is 0 Å². The molecular formula is C14H22N6O. The maximum absolute atomic E-state index is 5.09. The molecule has 0 radical (unpaired) electrons. The second-order valence-corrected chi connectivity index (χ2v) is 4.79. The number of nitrogens with zero attached hydrogens (tertiary/aromatic N) is 4. The predicted molar refractivity (Wildman–Crippen MR) is 82.5 cm³/mol. The first-order valence-electron chi connectivity index (χ1n) is 6.99. The van der Waals surface area contributed by atoms with E-state index < -0.39 is 0 Å². The highest BCUT2D eigenvalue weighted by Gasteiger charge is 2.06. The van der Waals surface area contributed by atoms with Crippen LogP contribution in [0.1, 0.15) is 12.7 Å². The lowest BCUT2D eigenvalue weighted by Gasteiger charge is -2.16. The third kappa shape index (κ3) is 4.16. The molecule has 1 atom stereocenters. The summed E-state index contributed by atoms with van der Waals surface area (Å²) in [6, 6.07) is 6.07. The molecule has 7 nitrogen and oxygen atoms in total. The molecule has 0 aliphatic carbocycles. The number of guanidine groups is 1. The van der Waals surface area contributed by atoms with E-state index in [1.54, 1.807) is 14.2 Å². The normalized spacial score (nSPS) is 13.4. The highest BCUT2D eigenvalue weighted by molar-refractivity contribution is 5.79. The Morgan fingerprint density at radius 2 is 2.29 bits per heavy atom. The molecule has 0 saturated carbocycles. The summed E-state index contributed by atoms with van der Waals surface area (Å²) in [5, 5.41) is 14.9. The molecule has 0 aromatic carbocycles. The number of aliphatic imine (C=N–C) groups is 1. The van der Waals surface area contributed by atoms with Gasteiger partial charge in [0.15, 0.2) is 11.6 Å². The van der Waals surface area contributed by atoms with Gasteiger partial charge < -0.3 is 15.4 Å². The number of aromatic nitrogens is 3. The van der Waals surface area contributed by atoms with Crippen molar-refractivity contribution in [2.24, 2.45) is 4.99 Å². The first-order chi connectivity index (χ1) is 10.2. The van der Waals surface area contributed by atoms with Gasteiger partial charge in [-0.15, -0.1) is 10.2 Å². The molecule has 21 heavy (non-hydrogen) atoms. The average molecular weight is 290 g/mol. The second-order valence-electron chi connectivity index (χ2n) is 4.79. The van der Waals surface area contributed by atoms with Gasteiger partial charge in [-0.2, -0.15) is 0 Å². The van der Waals surface area contributed by atoms with Gasteiger partial charge in [-0.1, -0.05) is 6.07 Å². The van der Waals surface area contributed by atoms with Gasteiger partial charge in [0.2, 0.25) is 0 Å². The van der Waals surface area contributed by atoms with Crippen LogP contribution in [-0.4, -0.2) is 53.9 Å². The quantitative estimate of drug-likeness (QED) is 0.597. The van der Waals surface area contributed by atoms with Crippen LogP contribution in [-0.2, 0) is 11.2 Å². The van der Waals surface area contributed by atoms with Crippen molar-refractivity contribution in [3.8, 4) is 0 Å². The minimum absolute atomic E-state index is 0.204. The van der Waals surface area contributed by atoms with Gasteiger partial charge in [0.1, 0.15) is 5.82 Å². The monoisotopic (exact) mass is 290 g/mol. The molecule has 0 bridgehead atoms. The zero-order valence-corrected chi connectivity index (χ0v) is 12.7. The highest BCUT2D eigenvalue weighted by Crippen LogP contribution is 2.02. The van der Waals surface area contributed by atoms with E-state index in [0.717, 1.165) is 30.4 Å². The van der Waals surface area contributed by atoms with E-state index >= 15 is 0 Å². The van der Waals surface area contributed by atoms with E-state index in [9.17, 15) is 0 Å². The maximum Gasteiger partial charge on any atom is 0.191 e. The molecule has 2 heterocycles. The maximum atomic E-state index is 5.09. The van der Waals surface area contributed by atoms with Gasteiger partial charge in [0, 0.05) is 39.4 Å². The Hall–Kier alpha value is -2.15. The highest BCUT2D eigenvalue weighted by atomic mass is 16.5. The largest absolute Gasteiger partial charge is 0.383 e. The Balaban J connectivity index is 1.85. The molecule has 1 unspecified atom stereocenters. The van der Waals surface area contributed by atoms with Crippen LogP contribution in [0.5, 0.6) is 0 Å². The number of hydrogen-bond acceptors (Lipinski definition) is 4. The van der Waals surface area contributed by atoms with E-state index in [4.69, 9.17) is 4.74 Å². The smallest absolute Gasteiger partial charge is 0.191 e. The molecule has 0 spiro atoms. The van der Waals surface area contributed by atoms with Crippen molar-refractivity contribution in [2.75, 3.05) is 27.3 Å². The standard InChI is InChI=1S/C14H22N6O/c1-11(10-21-3)17-14(15-2)16-8-7-13-19-18-12-6-4-5-9-20(12)13/h4-6,9,11H,7-8,10H2,1-3H3,(H2,15,16,17). The zero-order valence-electron chi connectivity index (χ0n) is 12.7. The van der Waals surface area contributed by atoms with Crippen molar-refractivity contribution >= 4 is 11.6 Å². The lowest BCUT2D eigenvalue weighted by atomic mass is 10.3. The predicted octanol–water partition coefficient (Wildman–Crippen LogP) is 0.472. The number of hydrogen-bond donors (Lipinski definition) is 2. The molecule has 2 aromatic rings. The van der Waals surface area contributed by atoms with Crippen LogP contribution in [0.25, 0.3) is 5.65 Å². The van der Waals surface area contributed by atoms with Crippen LogP contribution >= 0.6 is 0 Å². The molecule has 0 aliphatic heterocycles. The third-order valence-corrected chi connectivity index (χ3v) is 3.05. The summed E-state index contributed by atoms with van der Waals surface area (Å²) < 4.78 is 7.09. The van der Waals surface area contributed by atoms with E-state index in [0.29, 0.717) is 6.61 Å². The molecular weight excluding hydrogens is 268 g/mol. The van der Waals surface area contributed by atoms with E-state index in [1.807, 2.05) is 35.7 Å². The van der Waals surface area contributed by atoms with Gasteiger partial charge in [-0.25, -0.2) is 0 Å². The summed E-state index contributed by atoms with van der Waals surface area (Å²) in [5.41, 5.74) is 0.865. The number of methoxy groups -OCH3 is 1. The van der Waals surface area contributed by atoms with Gasteiger partial charge >= 0.3 is 0 Å². The SMILES string of the molecule is CN=C(NCCc1nnc2ccccn12)NC(C)COC. The van der Waals surface area contributed by atoms with Crippen molar-refractivity contribution in [1.29, 1.82) is 0 Å². The summed E-state index contributed by atoms with van der Waals surface area (Å²) in [6.45, 7) is 3.41. The Bertz CT molecular complexity index is 594. The number of ether oxygens (including phenoxy) is 1. The molecule has 0 fully saturated rings. The van der Waals surface area contributed by atoms with Crippen LogP contribution in [0.4, 0.5) is 0 Å². The van der Waals surface area contributed by atoms with Crippen LogP contribution < -0.4 is 10.6 Å². The number of fused-ring (bicyclic) bond motifs is 1. The van der Waals surface area contributed by atoms with Crippen LogP contribution in [0, 0.1) is 0 Å². The fraction of sp³-hybridized carbons (Fsp3) is 0.500. The third-order valence-electron chi connectivity index (χ3n) is 3.05. The summed E-state index contributed by atoms with van der Waals surface area (Å²) in [6.07, 6.45) is 2.74. The summed E-state index contributed by atoms with van der Waals surface area (Å²) >= 11 is 0. The van der Waals surface area contributed by atoms with Gasteiger partial charge in [0.05, 0.1) is 6.61 Å². The molecule has 0 amide bonds. The molecule has 114 valence electrons. The second kappa shape index (κ2) is 7.58. The van der Waals surface area contributed by atoms with Crippen LogP contribution in [0.3, 0.4) is 0 Å². The van der Waals surface area contributed by atoms with Crippen LogP contribution in [0.2, 0.25) is 0 Å². The molecule has 2 aromatic heterocycles. The lowest BCUT2D eigenvalue weighted by Crippen LogP contribution is -2.44. The van der Waals surface area contributed by atoms with Crippen LogP contribution in [0.15, 0.2) is 29.4 Å². The molecule has 0 saturated heterocycles. The lowest BCUT2D eigenvalue weighted by molar-refractivity contribution is 0.179. The average Bonchev–Trinajstić information content (AvgIpc) is 2.90. The van der Waals surface area contributed by atoms with Gasteiger partial charge in [-0.3, -0.25) is 9.39 Å². The van der Waals surface area contributed by atoms with E-state index in [-0.39, 0.29) is 6.04 Å². The number of pyridine rings is 1. The minimum Gasteiger partial charge on any atom is -0.383 e. The Labute approximate surface area is 124 Å². The molecule has 7 heteroatoms. The first kappa shape index (κ1) is 15.2. The van der Waals surface area contributed by atoms with Crippen molar-refractivity contribution in [2.45, 2.75) is 19.4 Å². The van der Waals surface area contributed by atoms with Crippen molar-refractivity contribution in [3.05, 3.63) is 30.2 Å². The van der Waals surface area contributed by atoms with Gasteiger partial charge in [0.25, 0.3) is 0 Å². The summed E-state index contributed by atoms with van der Waals surface area (Å²) in [5.74, 6) is 1.69. The summed E-state index contributed by atoms with van der Waals surface area (Å²) in [7, 11) is 3.44. The molecule has 2 N–H and O–H groups in total. The molecule has 2 rings (SSSR count). The Morgan fingerprint density at radius 3 is 3.05 bits per heavy atom.